The molecular formula is C14H11IN2O4. The van der Waals surface area contributed by atoms with Crippen LogP contribution >= 0.6 is 22.6 Å². The van der Waals surface area contributed by atoms with Gasteiger partial charge < -0.3 is 10.4 Å². The van der Waals surface area contributed by atoms with Crippen molar-refractivity contribution >= 4 is 39.9 Å². The predicted octanol–water partition coefficient (Wildman–Crippen LogP) is 3.51. The van der Waals surface area contributed by atoms with Crippen LogP contribution in [0.3, 0.4) is 0 Å². The number of hydrogen-bond donors (Lipinski definition) is 2. The topological polar surface area (TPSA) is 92.5 Å². The molecule has 2 aromatic carbocycles. The fourth-order valence-electron chi connectivity index (χ4n) is 1.93. The van der Waals surface area contributed by atoms with E-state index in [9.17, 15) is 20.0 Å². The number of nitro groups is 1. The maximum Gasteiger partial charge on any atom is 0.343 e. The second-order valence-corrected chi connectivity index (χ2v) is 5.48. The highest BCUT2D eigenvalue weighted by atomic mass is 127. The third-order valence-electron chi connectivity index (χ3n) is 2.85. The average Bonchev–Trinajstić information content (AvgIpc) is 2.44. The number of nitrogens with one attached hydrogen (secondary N) is 1. The van der Waals surface area contributed by atoms with Gasteiger partial charge in [-0.1, -0.05) is 18.2 Å². The molecule has 0 atom stereocenters. The maximum atomic E-state index is 11.3. The fourth-order valence-corrected chi connectivity index (χ4v) is 2.47. The molecule has 21 heavy (non-hydrogen) atoms. The Kier molecular flexibility index (Phi) is 4.73. The third-order valence-corrected chi connectivity index (χ3v) is 3.52. The Morgan fingerprint density at radius 1 is 1.29 bits per heavy atom. The molecule has 0 spiro atoms. The number of nitrogens with zero attached hydrogens (tertiary/aromatic N) is 1. The number of hydrogen-bond acceptors (Lipinski definition) is 4. The van der Waals surface area contributed by atoms with Crippen molar-refractivity contribution in [3.63, 3.8) is 0 Å². The van der Waals surface area contributed by atoms with E-state index in [4.69, 9.17) is 0 Å². The molecule has 0 heterocycles. The molecule has 0 aliphatic carbocycles. The van der Waals surface area contributed by atoms with E-state index in [2.05, 4.69) is 27.9 Å². The van der Waals surface area contributed by atoms with E-state index >= 15 is 0 Å². The second-order valence-electron chi connectivity index (χ2n) is 4.24. The zero-order valence-electron chi connectivity index (χ0n) is 10.7. The highest BCUT2D eigenvalue weighted by Gasteiger charge is 2.23. The minimum absolute atomic E-state index is 0.198. The number of carbonyl (C=O) groups is 1. The van der Waals surface area contributed by atoms with Crippen LogP contribution in [-0.2, 0) is 6.54 Å². The summed E-state index contributed by atoms with van der Waals surface area (Å²) in [6.07, 6.45) is 0. The molecule has 6 nitrogen and oxygen atoms in total. The third kappa shape index (κ3) is 3.69. The van der Waals surface area contributed by atoms with Crippen LogP contribution in [0.2, 0.25) is 0 Å². The number of nitro benzene ring substituents is 1. The van der Waals surface area contributed by atoms with Crippen LogP contribution in [0.25, 0.3) is 0 Å². The Bertz CT molecular complexity index is 703. The molecule has 108 valence electrons. The molecule has 2 N–H and O–H groups in total. The molecule has 2 rings (SSSR count). The SMILES string of the molecule is O=C(O)c1c(CNc2cccc(I)c2)cccc1[N+](=O)[O-]. The quantitative estimate of drug-likeness (QED) is 0.457. The van der Waals surface area contributed by atoms with Crippen molar-refractivity contribution in [1.82, 2.24) is 0 Å². The summed E-state index contributed by atoms with van der Waals surface area (Å²) >= 11 is 2.17. The zero-order chi connectivity index (χ0) is 15.4. The lowest BCUT2D eigenvalue weighted by atomic mass is 10.1. The summed E-state index contributed by atoms with van der Waals surface area (Å²) in [6.45, 7) is 0.198. The van der Waals surface area contributed by atoms with E-state index in [1.165, 1.54) is 12.1 Å². The monoisotopic (exact) mass is 398 g/mol. The second kappa shape index (κ2) is 6.53. The molecule has 0 radical (unpaired) electrons. The number of carboxylic acids is 1. The smallest absolute Gasteiger partial charge is 0.343 e. The molecule has 0 bridgehead atoms. The van der Waals surface area contributed by atoms with Crippen molar-refractivity contribution in [2.75, 3.05) is 5.32 Å². The van der Waals surface area contributed by atoms with Gasteiger partial charge in [-0.3, -0.25) is 10.1 Å². The number of benzene rings is 2. The van der Waals surface area contributed by atoms with E-state index in [-0.39, 0.29) is 12.1 Å². The van der Waals surface area contributed by atoms with Gasteiger partial charge in [0.1, 0.15) is 5.56 Å². The van der Waals surface area contributed by atoms with Crippen LogP contribution in [0.5, 0.6) is 0 Å². The van der Waals surface area contributed by atoms with Gasteiger partial charge >= 0.3 is 5.97 Å². The van der Waals surface area contributed by atoms with Crippen molar-refractivity contribution in [1.29, 1.82) is 0 Å². The van der Waals surface area contributed by atoms with Crippen molar-refractivity contribution in [2.45, 2.75) is 6.54 Å². The molecule has 7 heteroatoms. The van der Waals surface area contributed by atoms with Crippen LogP contribution in [0, 0.1) is 13.7 Å². The molecule has 0 saturated carbocycles. The minimum Gasteiger partial charge on any atom is -0.477 e. The first kappa shape index (κ1) is 15.2. The Morgan fingerprint density at radius 2 is 2.00 bits per heavy atom. The molecule has 0 fully saturated rings. The van der Waals surface area contributed by atoms with Gasteiger partial charge in [0.2, 0.25) is 0 Å². The Morgan fingerprint density at radius 3 is 2.62 bits per heavy atom. The zero-order valence-corrected chi connectivity index (χ0v) is 12.9. The van der Waals surface area contributed by atoms with Crippen LogP contribution in [0.4, 0.5) is 11.4 Å². The van der Waals surface area contributed by atoms with Gasteiger partial charge in [-0.15, -0.1) is 0 Å². The van der Waals surface area contributed by atoms with Crippen LogP contribution in [0.15, 0.2) is 42.5 Å². The summed E-state index contributed by atoms with van der Waals surface area (Å²) in [6, 6.07) is 11.8. The summed E-state index contributed by atoms with van der Waals surface area (Å²) in [4.78, 5) is 21.5. The standard InChI is InChI=1S/C14H11IN2O4/c15-10-4-2-5-11(7-10)16-8-9-3-1-6-12(17(20)21)13(9)14(18)19/h1-7,16H,8H2,(H,18,19). The molecule has 0 aliphatic rings. The number of rotatable bonds is 5. The van der Waals surface area contributed by atoms with Gasteiger partial charge in [0.05, 0.1) is 4.92 Å². The molecule has 2 aromatic rings. The Balaban J connectivity index is 2.30. The van der Waals surface area contributed by atoms with Crippen molar-refractivity contribution in [3.05, 3.63) is 67.3 Å². The van der Waals surface area contributed by atoms with Crippen molar-refractivity contribution in [3.8, 4) is 0 Å². The van der Waals surface area contributed by atoms with Gasteiger partial charge in [-0.25, -0.2) is 4.79 Å². The number of anilines is 1. The first-order valence-electron chi connectivity index (χ1n) is 5.98. The minimum atomic E-state index is -1.30. The van der Waals surface area contributed by atoms with E-state index in [1.54, 1.807) is 6.07 Å². The van der Waals surface area contributed by atoms with Gasteiger partial charge in [0.25, 0.3) is 5.69 Å². The summed E-state index contributed by atoms with van der Waals surface area (Å²) in [7, 11) is 0. The lowest BCUT2D eigenvalue weighted by Gasteiger charge is -2.09. The van der Waals surface area contributed by atoms with Gasteiger partial charge in [0, 0.05) is 21.9 Å². The van der Waals surface area contributed by atoms with E-state index in [0.717, 1.165) is 9.26 Å². The number of aromatic carboxylic acids is 1. The molecular weight excluding hydrogens is 387 g/mol. The van der Waals surface area contributed by atoms with Gasteiger partial charge in [-0.2, -0.15) is 0 Å². The highest BCUT2D eigenvalue weighted by Crippen LogP contribution is 2.23. The number of carboxylic acid groups (broad SMARTS) is 1. The first-order valence-corrected chi connectivity index (χ1v) is 7.06. The molecule has 0 unspecified atom stereocenters. The van der Waals surface area contributed by atoms with Crippen molar-refractivity contribution in [2.24, 2.45) is 0 Å². The van der Waals surface area contributed by atoms with Gasteiger partial charge in [0.15, 0.2) is 0 Å². The van der Waals surface area contributed by atoms with Gasteiger partial charge in [-0.05, 0) is 46.4 Å². The van der Waals surface area contributed by atoms with E-state index < -0.39 is 16.6 Å². The predicted molar refractivity (Wildman–Crippen MR) is 86.5 cm³/mol. The van der Waals surface area contributed by atoms with E-state index in [1.807, 2.05) is 24.3 Å². The van der Waals surface area contributed by atoms with Crippen LogP contribution in [0.1, 0.15) is 15.9 Å². The summed E-state index contributed by atoms with van der Waals surface area (Å²) in [5.74, 6) is -1.30. The largest absolute Gasteiger partial charge is 0.477 e. The molecule has 0 aromatic heterocycles. The average molecular weight is 398 g/mol. The lowest BCUT2D eigenvalue weighted by Crippen LogP contribution is -2.10. The maximum absolute atomic E-state index is 11.3. The fraction of sp³-hybridized carbons (Fsp3) is 0.0714. The number of halogens is 1. The van der Waals surface area contributed by atoms with Crippen LogP contribution < -0.4 is 5.32 Å². The molecule has 0 amide bonds. The highest BCUT2D eigenvalue weighted by molar-refractivity contribution is 14.1. The lowest BCUT2D eigenvalue weighted by molar-refractivity contribution is -0.385. The molecule has 0 aliphatic heterocycles. The Hall–Kier alpha value is -2.16. The summed E-state index contributed by atoms with van der Waals surface area (Å²) in [5.41, 5.74) is 0.519. The Labute approximate surface area is 134 Å². The van der Waals surface area contributed by atoms with E-state index in [0.29, 0.717) is 5.56 Å². The van der Waals surface area contributed by atoms with Crippen molar-refractivity contribution < 1.29 is 14.8 Å². The normalized spacial score (nSPS) is 10.1. The molecule has 0 saturated heterocycles. The summed E-state index contributed by atoms with van der Waals surface area (Å²) in [5, 5.41) is 23.2. The summed E-state index contributed by atoms with van der Waals surface area (Å²) < 4.78 is 1.04. The first-order chi connectivity index (χ1) is 9.99. The van der Waals surface area contributed by atoms with Crippen LogP contribution in [-0.4, -0.2) is 16.0 Å².